The maximum Gasteiger partial charge on any atom is 0.0608 e. The maximum atomic E-state index is 5.26. The van der Waals surface area contributed by atoms with Crippen molar-refractivity contribution in [3.8, 4) is 0 Å². The molecule has 13 heavy (non-hydrogen) atoms. The Morgan fingerprint density at radius 2 is 1.92 bits per heavy atom. The molecule has 1 heterocycles. The third-order valence-electron chi connectivity index (χ3n) is 2.38. The van der Waals surface area contributed by atoms with E-state index in [0.29, 0.717) is 0 Å². The van der Waals surface area contributed by atoms with Gasteiger partial charge in [-0.05, 0) is 6.42 Å². The molecule has 1 saturated heterocycles. The molecular weight excluding hydrogens is 164 g/mol. The largest absolute Gasteiger partial charge is 0.379 e. The Bertz CT molecular complexity index is 113. The zero-order chi connectivity index (χ0) is 9.36. The van der Waals surface area contributed by atoms with Crippen molar-refractivity contribution in [1.29, 1.82) is 0 Å². The summed E-state index contributed by atoms with van der Waals surface area (Å²) in [7, 11) is 0. The van der Waals surface area contributed by atoms with Gasteiger partial charge in [-0.1, -0.05) is 26.2 Å². The van der Waals surface area contributed by atoms with Crippen molar-refractivity contribution in [2.75, 3.05) is 32.8 Å². The first kappa shape index (κ1) is 11.0. The molecule has 0 spiro atoms. The Morgan fingerprint density at radius 1 is 1.15 bits per heavy atom. The van der Waals surface area contributed by atoms with E-state index in [4.69, 9.17) is 4.74 Å². The van der Waals surface area contributed by atoms with Crippen LogP contribution in [0.4, 0.5) is 0 Å². The predicted molar refractivity (Wildman–Crippen MR) is 54.5 cm³/mol. The van der Waals surface area contributed by atoms with Crippen LogP contribution in [0.25, 0.3) is 0 Å². The van der Waals surface area contributed by atoms with Gasteiger partial charge in [0.1, 0.15) is 0 Å². The van der Waals surface area contributed by atoms with Crippen molar-refractivity contribution in [1.82, 2.24) is 10.4 Å². The summed E-state index contributed by atoms with van der Waals surface area (Å²) in [6, 6.07) is 0. The number of morpholine rings is 1. The number of hydrazine groups is 1. The zero-order valence-electron chi connectivity index (χ0n) is 8.72. The summed E-state index contributed by atoms with van der Waals surface area (Å²) in [5, 5.41) is 2.27. The summed E-state index contributed by atoms with van der Waals surface area (Å²) in [4.78, 5) is 0. The highest BCUT2D eigenvalue weighted by Gasteiger charge is 2.08. The van der Waals surface area contributed by atoms with Gasteiger partial charge in [0.05, 0.1) is 13.2 Å². The maximum absolute atomic E-state index is 5.26. The number of unbranched alkanes of at least 4 members (excludes halogenated alkanes) is 3. The number of rotatable bonds is 6. The van der Waals surface area contributed by atoms with Crippen molar-refractivity contribution >= 4 is 0 Å². The van der Waals surface area contributed by atoms with Crippen LogP contribution in [0.2, 0.25) is 0 Å². The molecule has 0 bridgehead atoms. The number of hydrogen-bond acceptors (Lipinski definition) is 3. The fraction of sp³-hybridized carbons (Fsp3) is 1.00. The molecule has 1 aliphatic rings. The Labute approximate surface area is 81.4 Å². The highest BCUT2D eigenvalue weighted by molar-refractivity contribution is 4.57. The molecule has 1 fully saturated rings. The van der Waals surface area contributed by atoms with Crippen LogP contribution in [-0.4, -0.2) is 37.9 Å². The van der Waals surface area contributed by atoms with Crippen LogP contribution in [0, 0.1) is 0 Å². The minimum absolute atomic E-state index is 0.877. The standard InChI is InChI=1S/C10H22N2O/c1-2-3-4-5-6-11-12-7-9-13-10-8-12/h11H,2-10H2,1H3. The molecule has 0 radical (unpaired) electrons. The van der Waals surface area contributed by atoms with E-state index in [-0.39, 0.29) is 0 Å². The zero-order valence-corrected chi connectivity index (χ0v) is 8.72. The highest BCUT2D eigenvalue weighted by atomic mass is 16.5. The summed E-state index contributed by atoms with van der Waals surface area (Å²) in [6.07, 6.45) is 5.33. The number of nitrogens with zero attached hydrogens (tertiary/aromatic N) is 1. The molecule has 0 aromatic heterocycles. The Hall–Kier alpha value is -0.120. The summed E-state index contributed by atoms with van der Waals surface area (Å²) in [6.45, 7) is 7.20. The predicted octanol–water partition coefficient (Wildman–Crippen LogP) is 1.40. The van der Waals surface area contributed by atoms with Gasteiger partial charge >= 0.3 is 0 Å². The van der Waals surface area contributed by atoms with E-state index in [1.807, 2.05) is 0 Å². The monoisotopic (exact) mass is 186 g/mol. The van der Waals surface area contributed by atoms with Gasteiger partial charge in [0.2, 0.25) is 0 Å². The van der Waals surface area contributed by atoms with Gasteiger partial charge in [0, 0.05) is 19.6 Å². The van der Waals surface area contributed by atoms with E-state index >= 15 is 0 Å². The molecule has 0 saturated carbocycles. The number of ether oxygens (including phenoxy) is 1. The molecule has 0 atom stereocenters. The Morgan fingerprint density at radius 3 is 2.62 bits per heavy atom. The van der Waals surface area contributed by atoms with Crippen LogP contribution < -0.4 is 5.43 Å². The third kappa shape index (κ3) is 5.24. The van der Waals surface area contributed by atoms with Gasteiger partial charge in [-0.2, -0.15) is 0 Å². The van der Waals surface area contributed by atoms with Gasteiger partial charge in [-0.15, -0.1) is 0 Å². The smallest absolute Gasteiger partial charge is 0.0608 e. The lowest BCUT2D eigenvalue weighted by atomic mass is 10.2. The number of hydrogen-bond donors (Lipinski definition) is 1. The molecule has 1 aliphatic heterocycles. The lowest BCUT2D eigenvalue weighted by Gasteiger charge is -2.27. The van der Waals surface area contributed by atoms with Gasteiger partial charge < -0.3 is 4.74 Å². The van der Waals surface area contributed by atoms with Crippen LogP contribution in [0.1, 0.15) is 32.6 Å². The minimum Gasteiger partial charge on any atom is -0.379 e. The lowest BCUT2D eigenvalue weighted by Crippen LogP contribution is -2.45. The van der Waals surface area contributed by atoms with Crippen LogP contribution >= 0.6 is 0 Å². The van der Waals surface area contributed by atoms with Crippen LogP contribution in [0.15, 0.2) is 0 Å². The second kappa shape index (κ2) is 7.30. The molecule has 0 aromatic carbocycles. The van der Waals surface area contributed by atoms with E-state index in [1.165, 1.54) is 25.7 Å². The average Bonchev–Trinajstić information content (AvgIpc) is 2.19. The summed E-state index contributed by atoms with van der Waals surface area (Å²) in [5.41, 5.74) is 3.43. The van der Waals surface area contributed by atoms with Crippen molar-refractivity contribution in [2.24, 2.45) is 0 Å². The lowest BCUT2D eigenvalue weighted by molar-refractivity contribution is 0.0118. The van der Waals surface area contributed by atoms with Gasteiger partial charge in [-0.3, -0.25) is 5.43 Å². The van der Waals surface area contributed by atoms with E-state index in [0.717, 1.165) is 32.8 Å². The fourth-order valence-electron chi connectivity index (χ4n) is 1.51. The normalized spacial score (nSPS) is 19.2. The van der Waals surface area contributed by atoms with E-state index in [9.17, 15) is 0 Å². The van der Waals surface area contributed by atoms with E-state index in [1.54, 1.807) is 0 Å². The van der Waals surface area contributed by atoms with Gasteiger partial charge in [-0.25, -0.2) is 5.01 Å². The SMILES string of the molecule is CCCCCCNN1CCOCC1. The van der Waals surface area contributed by atoms with Crippen LogP contribution in [0.3, 0.4) is 0 Å². The topological polar surface area (TPSA) is 24.5 Å². The van der Waals surface area contributed by atoms with Crippen molar-refractivity contribution in [3.05, 3.63) is 0 Å². The molecular formula is C10H22N2O. The molecule has 0 aliphatic carbocycles. The van der Waals surface area contributed by atoms with Crippen molar-refractivity contribution < 1.29 is 4.74 Å². The first-order chi connectivity index (χ1) is 6.43. The molecule has 3 heteroatoms. The second-order valence-corrected chi connectivity index (χ2v) is 3.57. The van der Waals surface area contributed by atoms with Crippen LogP contribution in [0.5, 0.6) is 0 Å². The molecule has 0 aromatic rings. The molecule has 3 nitrogen and oxygen atoms in total. The fourth-order valence-corrected chi connectivity index (χ4v) is 1.51. The van der Waals surface area contributed by atoms with Crippen molar-refractivity contribution in [2.45, 2.75) is 32.6 Å². The van der Waals surface area contributed by atoms with Crippen molar-refractivity contribution in [3.63, 3.8) is 0 Å². The first-order valence-electron chi connectivity index (χ1n) is 5.49. The Kier molecular flexibility index (Phi) is 6.15. The molecule has 1 rings (SSSR count). The second-order valence-electron chi connectivity index (χ2n) is 3.57. The molecule has 0 unspecified atom stereocenters. The third-order valence-corrected chi connectivity index (χ3v) is 2.38. The highest BCUT2D eigenvalue weighted by Crippen LogP contribution is 1.98. The van der Waals surface area contributed by atoms with Gasteiger partial charge in [0.15, 0.2) is 0 Å². The van der Waals surface area contributed by atoms with Gasteiger partial charge in [0.25, 0.3) is 0 Å². The molecule has 1 N–H and O–H groups in total. The van der Waals surface area contributed by atoms with E-state index < -0.39 is 0 Å². The number of nitrogens with one attached hydrogen (secondary N) is 1. The quantitative estimate of drug-likeness (QED) is 0.635. The van der Waals surface area contributed by atoms with Crippen LogP contribution in [-0.2, 0) is 4.74 Å². The minimum atomic E-state index is 0.877. The summed E-state index contributed by atoms with van der Waals surface area (Å²) < 4.78 is 5.26. The Balaban J connectivity index is 1.86. The molecule has 0 amide bonds. The molecule has 78 valence electrons. The van der Waals surface area contributed by atoms with E-state index in [2.05, 4.69) is 17.4 Å². The summed E-state index contributed by atoms with van der Waals surface area (Å²) >= 11 is 0. The average molecular weight is 186 g/mol. The first-order valence-corrected chi connectivity index (χ1v) is 5.49. The summed E-state index contributed by atoms with van der Waals surface area (Å²) in [5.74, 6) is 0.